The smallest absolute Gasteiger partial charge is 0.271 e. The minimum absolute atomic E-state index is 0.251. The Morgan fingerprint density at radius 3 is 2.71 bits per heavy atom. The maximum atomic E-state index is 13.0. The maximum absolute atomic E-state index is 13.0. The topological polar surface area (TPSA) is 72.9 Å². The number of carbonyl (C=O) groups is 1. The highest BCUT2D eigenvalue weighted by molar-refractivity contribution is 5.97. The highest BCUT2D eigenvalue weighted by Crippen LogP contribution is 2.15. The molecule has 2 aromatic rings. The van der Waals surface area contributed by atoms with Gasteiger partial charge in [-0.3, -0.25) is 9.48 Å². The fraction of sp³-hybridized carbons (Fsp3) is 0.333. The summed E-state index contributed by atoms with van der Waals surface area (Å²) in [7, 11) is 1.68. The molecule has 5 nitrogen and oxygen atoms in total. The number of benzene rings is 1. The number of hydrogen-bond donors (Lipinski definition) is 2. The Balaban J connectivity index is 1.98. The molecule has 0 aliphatic rings. The molecule has 0 unspecified atom stereocenters. The molecule has 0 saturated heterocycles. The summed E-state index contributed by atoms with van der Waals surface area (Å²) in [6.07, 6.45) is 0.634. The van der Waals surface area contributed by atoms with Gasteiger partial charge in [-0.15, -0.1) is 0 Å². The van der Waals surface area contributed by atoms with Gasteiger partial charge in [0.05, 0.1) is 11.4 Å². The van der Waals surface area contributed by atoms with Crippen molar-refractivity contribution < 1.29 is 9.18 Å². The average Bonchev–Trinajstić information content (AvgIpc) is 2.66. The third kappa shape index (κ3) is 3.21. The molecule has 1 amide bonds. The number of aromatic nitrogens is 2. The number of anilines is 1. The van der Waals surface area contributed by atoms with Crippen molar-refractivity contribution in [3.8, 4) is 0 Å². The summed E-state index contributed by atoms with van der Waals surface area (Å²) < 4.78 is 14.5. The molecule has 21 heavy (non-hydrogen) atoms. The van der Waals surface area contributed by atoms with Crippen molar-refractivity contribution in [2.24, 2.45) is 7.05 Å². The molecular formula is C15H19FN4O. The second-order valence-corrected chi connectivity index (χ2v) is 5.05. The number of amides is 1. The van der Waals surface area contributed by atoms with Gasteiger partial charge in [-0.05, 0) is 43.5 Å². The van der Waals surface area contributed by atoms with Crippen LogP contribution in [0.25, 0.3) is 0 Å². The zero-order valence-corrected chi connectivity index (χ0v) is 12.4. The van der Waals surface area contributed by atoms with Gasteiger partial charge in [0.1, 0.15) is 11.5 Å². The van der Waals surface area contributed by atoms with Gasteiger partial charge in [0.25, 0.3) is 5.91 Å². The third-order valence-electron chi connectivity index (χ3n) is 3.47. The van der Waals surface area contributed by atoms with E-state index in [0.717, 1.165) is 11.1 Å². The van der Waals surface area contributed by atoms with Gasteiger partial charge in [-0.2, -0.15) is 5.10 Å². The molecule has 3 N–H and O–H groups in total. The number of hydrogen-bond acceptors (Lipinski definition) is 3. The van der Waals surface area contributed by atoms with Gasteiger partial charge in [0.15, 0.2) is 0 Å². The van der Waals surface area contributed by atoms with Crippen LogP contribution in [0, 0.1) is 19.7 Å². The minimum Gasteiger partial charge on any atom is -0.395 e. The Morgan fingerprint density at radius 1 is 1.43 bits per heavy atom. The number of halogens is 1. The van der Waals surface area contributed by atoms with Crippen molar-refractivity contribution in [1.29, 1.82) is 0 Å². The fourth-order valence-corrected chi connectivity index (χ4v) is 2.28. The van der Waals surface area contributed by atoms with Crippen LogP contribution in [0.2, 0.25) is 0 Å². The van der Waals surface area contributed by atoms with Crippen LogP contribution in [-0.4, -0.2) is 22.2 Å². The summed E-state index contributed by atoms with van der Waals surface area (Å²) >= 11 is 0. The van der Waals surface area contributed by atoms with Gasteiger partial charge in [0, 0.05) is 13.6 Å². The third-order valence-corrected chi connectivity index (χ3v) is 3.47. The zero-order chi connectivity index (χ0) is 15.6. The Kier molecular flexibility index (Phi) is 4.26. The highest BCUT2D eigenvalue weighted by Gasteiger charge is 2.17. The predicted octanol–water partition coefficient (Wildman–Crippen LogP) is 1.73. The van der Waals surface area contributed by atoms with Gasteiger partial charge >= 0.3 is 0 Å². The molecule has 1 aromatic heterocycles. The first-order valence-electron chi connectivity index (χ1n) is 6.72. The molecule has 6 heteroatoms. The average molecular weight is 290 g/mol. The van der Waals surface area contributed by atoms with Gasteiger partial charge < -0.3 is 11.1 Å². The van der Waals surface area contributed by atoms with E-state index in [2.05, 4.69) is 10.4 Å². The normalized spacial score (nSPS) is 10.7. The van der Waals surface area contributed by atoms with E-state index in [-0.39, 0.29) is 11.7 Å². The molecule has 0 saturated carbocycles. The van der Waals surface area contributed by atoms with Gasteiger partial charge in [0.2, 0.25) is 0 Å². The number of carbonyl (C=O) groups excluding carboxylic acids is 1. The molecule has 0 fully saturated rings. The van der Waals surface area contributed by atoms with Crippen molar-refractivity contribution in [2.45, 2.75) is 20.3 Å². The van der Waals surface area contributed by atoms with Crippen molar-refractivity contribution in [3.63, 3.8) is 0 Å². The van der Waals surface area contributed by atoms with E-state index in [1.54, 1.807) is 20.0 Å². The molecule has 1 aromatic carbocycles. The molecule has 0 atom stereocenters. The standard InChI is InChI=1S/C15H19FN4O/c1-9-8-12(16)5-4-11(9)6-7-18-15(21)14-13(17)10(2)19-20(14)3/h4-5,8H,6-7,17H2,1-3H3,(H,18,21). The summed E-state index contributed by atoms with van der Waals surface area (Å²) in [6, 6.07) is 4.64. The summed E-state index contributed by atoms with van der Waals surface area (Å²) in [6.45, 7) is 4.06. The van der Waals surface area contributed by atoms with Crippen molar-refractivity contribution in [2.75, 3.05) is 12.3 Å². The van der Waals surface area contributed by atoms with Crippen molar-refractivity contribution in [3.05, 3.63) is 46.5 Å². The van der Waals surface area contributed by atoms with Crippen LogP contribution >= 0.6 is 0 Å². The van der Waals surface area contributed by atoms with E-state index in [0.29, 0.717) is 30.0 Å². The summed E-state index contributed by atoms with van der Waals surface area (Å²) in [5.74, 6) is -0.506. The molecular weight excluding hydrogens is 271 g/mol. The van der Waals surface area contributed by atoms with Crippen molar-refractivity contribution >= 4 is 11.6 Å². The SMILES string of the molecule is Cc1cc(F)ccc1CCNC(=O)c1c(N)c(C)nn1C. The lowest BCUT2D eigenvalue weighted by molar-refractivity contribution is 0.0945. The van der Waals surface area contributed by atoms with Gasteiger partial charge in [-0.25, -0.2) is 4.39 Å². The molecule has 2 rings (SSSR count). The van der Waals surface area contributed by atoms with Gasteiger partial charge in [-0.1, -0.05) is 6.07 Å². The van der Waals surface area contributed by atoms with E-state index in [4.69, 9.17) is 5.73 Å². The van der Waals surface area contributed by atoms with Crippen molar-refractivity contribution in [1.82, 2.24) is 15.1 Å². The first-order chi connectivity index (χ1) is 9.90. The molecule has 0 aliphatic carbocycles. The molecule has 0 aliphatic heterocycles. The second kappa shape index (κ2) is 5.95. The summed E-state index contributed by atoms with van der Waals surface area (Å²) in [5, 5.41) is 6.92. The van der Waals surface area contributed by atoms with Crippen LogP contribution < -0.4 is 11.1 Å². The largest absolute Gasteiger partial charge is 0.395 e. The van der Waals surface area contributed by atoms with Crippen LogP contribution in [0.4, 0.5) is 10.1 Å². The van der Waals surface area contributed by atoms with Crippen LogP contribution in [0.15, 0.2) is 18.2 Å². The first kappa shape index (κ1) is 15.0. The number of nitrogens with zero attached hydrogens (tertiary/aromatic N) is 2. The Hall–Kier alpha value is -2.37. The van der Waals surface area contributed by atoms with Crippen LogP contribution in [0.1, 0.15) is 27.3 Å². The van der Waals surface area contributed by atoms with E-state index < -0.39 is 0 Å². The Morgan fingerprint density at radius 2 is 2.14 bits per heavy atom. The lowest BCUT2D eigenvalue weighted by Crippen LogP contribution is -2.28. The number of nitrogens with two attached hydrogens (primary N) is 1. The van der Waals surface area contributed by atoms with Crippen LogP contribution in [-0.2, 0) is 13.5 Å². The van der Waals surface area contributed by atoms with E-state index in [9.17, 15) is 9.18 Å². The molecule has 0 spiro atoms. The summed E-state index contributed by atoms with van der Waals surface area (Å²) in [5.41, 5.74) is 9.12. The van der Waals surface area contributed by atoms with E-state index in [1.165, 1.54) is 16.8 Å². The summed E-state index contributed by atoms with van der Waals surface area (Å²) in [4.78, 5) is 12.1. The quantitative estimate of drug-likeness (QED) is 0.900. The predicted molar refractivity (Wildman–Crippen MR) is 79.5 cm³/mol. The zero-order valence-electron chi connectivity index (χ0n) is 12.4. The van der Waals surface area contributed by atoms with Crippen LogP contribution in [0.3, 0.4) is 0 Å². The molecule has 1 heterocycles. The monoisotopic (exact) mass is 290 g/mol. The molecule has 0 bridgehead atoms. The second-order valence-electron chi connectivity index (χ2n) is 5.05. The lowest BCUT2D eigenvalue weighted by Gasteiger charge is -2.08. The molecule has 112 valence electrons. The minimum atomic E-state index is -0.254. The first-order valence-corrected chi connectivity index (χ1v) is 6.72. The van der Waals surface area contributed by atoms with Crippen LogP contribution in [0.5, 0.6) is 0 Å². The van der Waals surface area contributed by atoms with E-state index in [1.807, 2.05) is 6.92 Å². The number of nitrogens with one attached hydrogen (secondary N) is 1. The number of aryl methyl sites for hydroxylation is 3. The Bertz CT molecular complexity index is 679. The fourth-order valence-electron chi connectivity index (χ4n) is 2.28. The number of rotatable bonds is 4. The molecule has 0 radical (unpaired) electrons. The maximum Gasteiger partial charge on any atom is 0.271 e. The Labute approximate surface area is 123 Å². The highest BCUT2D eigenvalue weighted by atomic mass is 19.1. The van der Waals surface area contributed by atoms with E-state index >= 15 is 0 Å². The lowest BCUT2D eigenvalue weighted by atomic mass is 10.1. The number of nitrogen functional groups attached to an aromatic ring is 1.